The number of para-hydroxylation sites is 1. The molecule has 9 heteroatoms. The standard InChI is InChI=1S/C12H9N3O5S/c16-15(17)11-7-3-1-5-9(11)13-14-10-6-2-4-8-12(10)21(18,19)20/h1-8H,(H,18,19,20). The highest BCUT2D eigenvalue weighted by atomic mass is 32.2. The SMILES string of the molecule is O=[N+]([O-])c1ccccc1N=Nc1ccccc1S(=O)(=O)O. The van der Waals surface area contributed by atoms with Gasteiger partial charge in [-0.15, -0.1) is 10.2 Å². The summed E-state index contributed by atoms with van der Waals surface area (Å²) in [6.07, 6.45) is 0. The monoisotopic (exact) mass is 307 g/mol. The largest absolute Gasteiger partial charge is 0.296 e. The lowest BCUT2D eigenvalue weighted by molar-refractivity contribution is -0.384. The van der Waals surface area contributed by atoms with E-state index >= 15 is 0 Å². The zero-order valence-corrected chi connectivity index (χ0v) is 11.3. The Bertz CT molecular complexity index is 817. The Morgan fingerprint density at radius 3 is 2.10 bits per heavy atom. The van der Waals surface area contributed by atoms with Crippen molar-refractivity contribution >= 4 is 27.2 Å². The fourth-order valence-corrected chi connectivity index (χ4v) is 2.19. The molecule has 1 N–H and O–H groups in total. The highest BCUT2D eigenvalue weighted by Crippen LogP contribution is 2.30. The van der Waals surface area contributed by atoms with Crippen molar-refractivity contribution in [2.45, 2.75) is 4.90 Å². The van der Waals surface area contributed by atoms with Crippen molar-refractivity contribution in [3.8, 4) is 0 Å². The Morgan fingerprint density at radius 2 is 1.48 bits per heavy atom. The predicted octanol–water partition coefficient (Wildman–Crippen LogP) is 3.26. The topological polar surface area (TPSA) is 122 Å². The second kappa shape index (κ2) is 5.77. The van der Waals surface area contributed by atoms with Gasteiger partial charge in [-0.2, -0.15) is 8.42 Å². The predicted molar refractivity (Wildman–Crippen MR) is 73.5 cm³/mol. The van der Waals surface area contributed by atoms with Crippen LogP contribution in [-0.2, 0) is 10.1 Å². The third kappa shape index (κ3) is 3.46. The van der Waals surface area contributed by atoms with Crippen LogP contribution in [0.4, 0.5) is 17.1 Å². The summed E-state index contributed by atoms with van der Waals surface area (Å²) >= 11 is 0. The number of rotatable bonds is 4. The van der Waals surface area contributed by atoms with Crippen LogP contribution in [0.15, 0.2) is 63.7 Å². The quantitative estimate of drug-likeness (QED) is 0.402. The molecule has 21 heavy (non-hydrogen) atoms. The molecule has 0 aliphatic rings. The minimum atomic E-state index is -4.45. The molecule has 0 spiro atoms. The van der Waals surface area contributed by atoms with Gasteiger partial charge in [-0.3, -0.25) is 14.7 Å². The van der Waals surface area contributed by atoms with Crippen LogP contribution in [0, 0.1) is 10.1 Å². The van der Waals surface area contributed by atoms with Crippen molar-refractivity contribution in [3.05, 3.63) is 58.6 Å². The summed E-state index contributed by atoms with van der Waals surface area (Å²) < 4.78 is 31.4. The smallest absolute Gasteiger partial charge is 0.282 e. The number of azo groups is 1. The van der Waals surface area contributed by atoms with Gasteiger partial charge in [0.25, 0.3) is 15.8 Å². The maximum Gasteiger partial charge on any atom is 0.296 e. The van der Waals surface area contributed by atoms with Crippen LogP contribution in [0.5, 0.6) is 0 Å². The Morgan fingerprint density at radius 1 is 0.952 bits per heavy atom. The van der Waals surface area contributed by atoms with Gasteiger partial charge in [0.2, 0.25) is 0 Å². The Kier molecular flexibility index (Phi) is 4.05. The molecule has 2 aromatic rings. The second-order valence-electron chi connectivity index (χ2n) is 3.89. The van der Waals surface area contributed by atoms with Crippen molar-refractivity contribution < 1.29 is 17.9 Å². The van der Waals surface area contributed by atoms with Crippen LogP contribution in [0.2, 0.25) is 0 Å². The molecule has 108 valence electrons. The van der Waals surface area contributed by atoms with Gasteiger partial charge in [-0.05, 0) is 18.2 Å². The van der Waals surface area contributed by atoms with Crippen LogP contribution in [0.3, 0.4) is 0 Å². The summed E-state index contributed by atoms with van der Waals surface area (Å²) in [5.41, 5.74) is -0.392. The highest BCUT2D eigenvalue weighted by molar-refractivity contribution is 7.86. The molecule has 8 nitrogen and oxygen atoms in total. The van der Waals surface area contributed by atoms with Crippen LogP contribution in [0.1, 0.15) is 0 Å². The first-order chi connectivity index (χ1) is 9.89. The van der Waals surface area contributed by atoms with Gasteiger partial charge in [-0.1, -0.05) is 24.3 Å². The van der Waals surface area contributed by atoms with Gasteiger partial charge >= 0.3 is 0 Å². The van der Waals surface area contributed by atoms with E-state index in [4.69, 9.17) is 4.55 Å². The lowest BCUT2D eigenvalue weighted by Gasteiger charge is -2.00. The third-order valence-electron chi connectivity index (χ3n) is 2.49. The average molecular weight is 307 g/mol. The number of nitro benzene ring substituents is 1. The van der Waals surface area contributed by atoms with Gasteiger partial charge in [0.05, 0.1) is 4.92 Å². The molecule has 0 aliphatic carbocycles. The van der Waals surface area contributed by atoms with E-state index in [2.05, 4.69) is 10.2 Å². The first-order valence-electron chi connectivity index (χ1n) is 5.61. The zero-order valence-electron chi connectivity index (χ0n) is 10.4. The van der Waals surface area contributed by atoms with Crippen LogP contribution in [0.25, 0.3) is 0 Å². The molecule has 2 rings (SSSR count). The summed E-state index contributed by atoms with van der Waals surface area (Å²) in [5, 5.41) is 18.2. The molecule has 0 aromatic heterocycles. The van der Waals surface area contributed by atoms with Gasteiger partial charge in [-0.25, -0.2) is 0 Å². The van der Waals surface area contributed by atoms with Crippen molar-refractivity contribution in [1.29, 1.82) is 0 Å². The van der Waals surface area contributed by atoms with Crippen LogP contribution >= 0.6 is 0 Å². The van der Waals surface area contributed by atoms with E-state index in [1.807, 2.05) is 0 Å². The summed E-state index contributed by atoms with van der Waals surface area (Å²) in [7, 11) is -4.45. The number of hydrogen-bond acceptors (Lipinski definition) is 6. The second-order valence-corrected chi connectivity index (χ2v) is 5.28. The highest BCUT2D eigenvalue weighted by Gasteiger charge is 2.15. The molecular weight excluding hydrogens is 298 g/mol. The average Bonchev–Trinajstić information content (AvgIpc) is 2.44. The molecule has 0 atom stereocenters. The van der Waals surface area contributed by atoms with Gasteiger partial charge in [0.15, 0.2) is 5.69 Å². The number of nitrogens with zero attached hydrogens (tertiary/aromatic N) is 3. The molecule has 0 fully saturated rings. The molecule has 0 saturated carbocycles. The maximum absolute atomic E-state index is 11.2. The van der Waals surface area contributed by atoms with Crippen LogP contribution < -0.4 is 0 Å². The first kappa shape index (κ1) is 14.8. The molecule has 0 saturated heterocycles. The van der Waals surface area contributed by atoms with Gasteiger partial charge in [0.1, 0.15) is 10.6 Å². The van der Waals surface area contributed by atoms with E-state index in [-0.39, 0.29) is 17.1 Å². The molecular formula is C12H9N3O5S. The van der Waals surface area contributed by atoms with Crippen LogP contribution in [-0.4, -0.2) is 17.9 Å². The van der Waals surface area contributed by atoms with E-state index in [9.17, 15) is 18.5 Å². The molecule has 0 unspecified atom stereocenters. The minimum Gasteiger partial charge on any atom is -0.282 e. The van der Waals surface area contributed by atoms with Crippen molar-refractivity contribution in [2.75, 3.05) is 0 Å². The molecule has 0 radical (unpaired) electrons. The first-order valence-corrected chi connectivity index (χ1v) is 7.05. The van der Waals surface area contributed by atoms with E-state index < -0.39 is 19.9 Å². The normalized spacial score (nSPS) is 11.7. The fourth-order valence-electron chi connectivity index (χ4n) is 1.57. The van der Waals surface area contributed by atoms with E-state index in [0.717, 1.165) is 6.07 Å². The number of hydrogen-bond donors (Lipinski definition) is 1. The van der Waals surface area contributed by atoms with Crippen molar-refractivity contribution in [3.63, 3.8) is 0 Å². The van der Waals surface area contributed by atoms with E-state index in [1.54, 1.807) is 0 Å². The molecule has 0 aliphatic heterocycles. The van der Waals surface area contributed by atoms with E-state index in [0.29, 0.717) is 0 Å². The van der Waals surface area contributed by atoms with E-state index in [1.165, 1.54) is 42.5 Å². The zero-order chi connectivity index (χ0) is 15.5. The molecule has 2 aromatic carbocycles. The van der Waals surface area contributed by atoms with Gasteiger partial charge < -0.3 is 0 Å². The van der Waals surface area contributed by atoms with Crippen molar-refractivity contribution in [1.82, 2.24) is 0 Å². The number of nitro groups is 1. The maximum atomic E-state index is 11.2. The van der Waals surface area contributed by atoms with Crippen molar-refractivity contribution in [2.24, 2.45) is 10.2 Å². The Labute approximate surface area is 119 Å². The molecule has 0 bridgehead atoms. The summed E-state index contributed by atoms with van der Waals surface area (Å²) in [5.74, 6) is 0. The third-order valence-corrected chi connectivity index (χ3v) is 3.39. The minimum absolute atomic E-state index is 0.0207. The Balaban J connectivity index is 2.47. The Hall–Kier alpha value is -2.65. The fraction of sp³-hybridized carbons (Fsp3) is 0. The summed E-state index contributed by atoms with van der Waals surface area (Å²) in [6.45, 7) is 0. The summed E-state index contributed by atoms with van der Waals surface area (Å²) in [6, 6.07) is 11.0. The summed E-state index contributed by atoms with van der Waals surface area (Å²) in [4.78, 5) is 9.78. The molecule has 0 heterocycles. The number of benzene rings is 2. The lowest BCUT2D eigenvalue weighted by atomic mass is 10.3. The van der Waals surface area contributed by atoms with Gasteiger partial charge in [0, 0.05) is 6.07 Å². The lowest BCUT2D eigenvalue weighted by Crippen LogP contribution is -1.97. The molecule has 0 amide bonds.